The van der Waals surface area contributed by atoms with Crippen LogP contribution in [0.3, 0.4) is 0 Å². The van der Waals surface area contributed by atoms with Crippen molar-refractivity contribution in [2.45, 2.75) is 172 Å². The molecule has 0 saturated carbocycles. The summed E-state index contributed by atoms with van der Waals surface area (Å²) in [7, 11) is 1.33. The van der Waals surface area contributed by atoms with Crippen LogP contribution in [-0.2, 0) is 0 Å². The molecule has 0 amide bonds. The maximum atomic E-state index is 10.5. The summed E-state index contributed by atoms with van der Waals surface area (Å²) < 4.78 is 5.04. The maximum absolute atomic E-state index is 10.5. The summed E-state index contributed by atoms with van der Waals surface area (Å²) in [6.07, 6.45) is 40.5. The molecule has 3 N–H and O–H groups in total. The van der Waals surface area contributed by atoms with Crippen LogP contribution in [0.5, 0.6) is 23.0 Å². The normalized spacial score (nSPS) is 14.5. The molecule has 0 saturated heterocycles. The van der Waals surface area contributed by atoms with Crippen LogP contribution in [0, 0.1) is 0 Å². The maximum Gasteiger partial charge on any atom is 0.207 e. The minimum Gasteiger partial charge on any atom is -0.504 e. The quantitative estimate of drug-likeness (QED) is 0.0497. The highest BCUT2D eigenvalue weighted by molar-refractivity contribution is 5.61. The number of ether oxygens (including phenoxy) is 1. The van der Waals surface area contributed by atoms with Crippen molar-refractivity contribution < 1.29 is 20.1 Å². The van der Waals surface area contributed by atoms with Gasteiger partial charge in [-0.2, -0.15) is 0 Å². The number of hydrogen-bond donors (Lipinski definition) is 3. The van der Waals surface area contributed by atoms with E-state index in [1.807, 2.05) is 13.0 Å². The second kappa shape index (κ2) is 29.1. The van der Waals surface area contributed by atoms with Crippen LogP contribution in [-0.4, -0.2) is 22.4 Å². The van der Waals surface area contributed by atoms with Gasteiger partial charge in [0.25, 0.3) is 0 Å². The summed E-state index contributed by atoms with van der Waals surface area (Å²) in [5, 5.41) is 31.0. The lowest BCUT2D eigenvalue weighted by Crippen LogP contribution is -2.24. The third kappa shape index (κ3) is 23.0. The SMILES string of the molecule is C=c1c(O)c(O)c(OC)c(O)c1=CC=C(C)CCC=C(C)CCC=C(C)CCC=C(C)CCC=C(C)CCC=C(C)CCC=C(C)CCC=C(C)CCC=C(C)C. The van der Waals surface area contributed by atoms with Crippen LogP contribution in [0.4, 0.5) is 0 Å². The molecular formula is C53H80O4. The van der Waals surface area contributed by atoms with E-state index in [9.17, 15) is 15.3 Å². The van der Waals surface area contributed by atoms with Crippen molar-refractivity contribution in [1.29, 1.82) is 0 Å². The van der Waals surface area contributed by atoms with E-state index in [-0.39, 0.29) is 16.7 Å². The van der Waals surface area contributed by atoms with Gasteiger partial charge in [0, 0.05) is 10.4 Å². The van der Waals surface area contributed by atoms with E-state index >= 15 is 0 Å². The summed E-state index contributed by atoms with van der Waals surface area (Å²) >= 11 is 0. The lowest BCUT2D eigenvalue weighted by atomic mass is 10.0. The Morgan fingerprint density at radius 2 is 0.702 bits per heavy atom. The molecule has 0 fully saturated rings. The predicted octanol–water partition coefficient (Wildman–Crippen LogP) is 14.8. The van der Waals surface area contributed by atoms with Gasteiger partial charge in [0.1, 0.15) is 0 Å². The summed E-state index contributed by atoms with van der Waals surface area (Å²) in [6.45, 7) is 26.0. The number of hydrogen-bond acceptors (Lipinski definition) is 4. The van der Waals surface area contributed by atoms with E-state index < -0.39 is 11.5 Å². The Morgan fingerprint density at radius 1 is 0.421 bits per heavy atom. The molecule has 0 heterocycles. The van der Waals surface area contributed by atoms with Crippen molar-refractivity contribution in [1.82, 2.24) is 0 Å². The Hall–Kier alpha value is -4.18. The zero-order valence-electron chi connectivity index (χ0n) is 38.0. The lowest BCUT2D eigenvalue weighted by Gasteiger charge is -2.08. The van der Waals surface area contributed by atoms with Crippen LogP contribution in [0.1, 0.15) is 172 Å². The Morgan fingerprint density at radius 3 is 0.982 bits per heavy atom. The van der Waals surface area contributed by atoms with Gasteiger partial charge < -0.3 is 20.1 Å². The van der Waals surface area contributed by atoms with Gasteiger partial charge in [0.15, 0.2) is 11.5 Å². The fourth-order valence-corrected chi connectivity index (χ4v) is 6.56. The highest BCUT2D eigenvalue weighted by Gasteiger charge is 2.16. The van der Waals surface area contributed by atoms with Crippen LogP contribution >= 0.6 is 0 Å². The predicted molar refractivity (Wildman–Crippen MR) is 251 cm³/mol. The molecule has 0 aliphatic carbocycles. The Bertz CT molecular complexity index is 1790. The van der Waals surface area contributed by atoms with Crippen molar-refractivity contribution >= 4 is 12.7 Å². The van der Waals surface area contributed by atoms with Crippen LogP contribution < -0.4 is 15.2 Å². The zero-order valence-corrected chi connectivity index (χ0v) is 38.0. The Labute approximate surface area is 348 Å². The molecule has 0 aliphatic rings. The van der Waals surface area contributed by atoms with Gasteiger partial charge in [-0.05, 0) is 172 Å². The summed E-state index contributed by atoms with van der Waals surface area (Å²) in [4.78, 5) is 0. The molecule has 0 unspecified atom stereocenters. The number of phenols is 3. The number of phenolic OH excluding ortho intramolecular Hbond substituents is 3. The second-order valence-corrected chi connectivity index (χ2v) is 16.6. The van der Waals surface area contributed by atoms with E-state index in [0.29, 0.717) is 5.22 Å². The minimum atomic E-state index is -0.509. The van der Waals surface area contributed by atoms with Gasteiger partial charge in [0.05, 0.1) is 7.11 Å². The van der Waals surface area contributed by atoms with E-state index in [1.165, 1.54) is 64.5 Å². The molecule has 0 bridgehead atoms. The zero-order chi connectivity index (χ0) is 42.8. The molecule has 1 aromatic rings. The number of methoxy groups -OCH3 is 1. The monoisotopic (exact) mass is 781 g/mol. The van der Waals surface area contributed by atoms with Crippen molar-refractivity contribution in [3.63, 3.8) is 0 Å². The topological polar surface area (TPSA) is 69.9 Å². The molecule has 316 valence electrons. The Kier molecular flexibility index (Phi) is 26.0. The number of aromatic hydroxyl groups is 3. The van der Waals surface area contributed by atoms with Crippen LogP contribution in [0.15, 0.2) is 105 Å². The molecule has 1 rings (SSSR count). The summed E-state index contributed by atoms with van der Waals surface area (Å²) in [5.74, 6) is -1.30. The molecule has 1 aromatic carbocycles. The molecule has 0 atom stereocenters. The average Bonchev–Trinajstić information content (AvgIpc) is 3.14. The number of allylic oxidation sites excluding steroid dienone is 18. The van der Waals surface area contributed by atoms with Crippen LogP contribution in [0.2, 0.25) is 0 Å². The molecule has 4 nitrogen and oxygen atoms in total. The smallest absolute Gasteiger partial charge is 0.207 e. The first-order valence-corrected chi connectivity index (χ1v) is 21.5. The molecular weight excluding hydrogens is 701 g/mol. The molecule has 0 spiro atoms. The highest BCUT2D eigenvalue weighted by Crippen LogP contribution is 2.37. The van der Waals surface area contributed by atoms with E-state index in [2.05, 4.69) is 118 Å². The van der Waals surface area contributed by atoms with Gasteiger partial charge in [-0.25, -0.2) is 0 Å². The number of rotatable bonds is 26. The van der Waals surface area contributed by atoms with Gasteiger partial charge >= 0.3 is 0 Å². The molecule has 0 aromatic heterocycles. The molecule has 0 radical (unpaired) electrons. The van der Waals surface area contributed by atoms with Crippen molar-refractivity contribution in [2.24, 2.45) is 0 Å². The average molecular weight is 781 g/mol. The first kappa shape index (κ1) is 50.8. The number of benzene rings is 1. The minimum absolute atomic E-state index is 0.156. The molecule has 0 aliphatic heterocycles. The van der Waals surface area contributed by atoms with E-state index in [0.717, 1.165) is 95.5 Å². The third-order valence-corrected chi connectivity index (χ3v) is 10.6. The second-order valence-electron chi connectivity index (χ2n) is 16.6. The van der Waals surface area contributed by atoms with E-state index in [1.54, 1.807) is 6.08 Å². The van der Waals surface area contributed by atoms with Crippen molar-refractivity contribution in [3.05, 3.63) is 115 Å². The first-order chi connectivity index (χ1) is 27.0. The standard InChI is InChI=1S/C53H80O4/c1-39(2)21-13-22-40(3)23-14-24-41(4)25-15-26-42(5)27-16-28-43(6)29-17-30-44(7)31-18-32-45(8)33-19-34-46(9)35-20-36-47(10)37-38-49-48(11)50(54)52(56)53(57-12)51(49)55/h21,23,25,27,29,31,33,35,37-38,54-56H,11,13-20,22,24,26,28,30,32,34,36H2,1-10,12H3. The molecule has 4 heteroatoms. The third-order valence-electron chi connectivity index (χ3n) is 10.6. The van der Waals surface area contributed by atoms with Gasteiger partial charge in [-0.3, -0.25) is 0 Å². The van der Waals surface area contributed by atoms with E-state index in [4.69, 9.17) is 4.74 Å². The fraction of sp³-hybridized carbons (Fsp3) is 0.509. The van der Waals surface area contributed by atoms with Crippen molar-refractivity contribution in [3.8, 4) is 23.0 Å². The largest absolute Gasteiger partial charge is 0.504 e. The van der Waals surface area contributed by atoms with Gasteiger partial charge in [-0.15, -0.1) is 0 Å². The van der Waals surface area contributed by atoms with Gasteiger partial charge in [-0.1, -0.05) is 117 Å². The summed E-state index contributed by atoms with van der Waals surface area (Å²) in [5.41, 5.74) is 12.9. The van der Waals surface area contributed by atoms with Crippen molar-refractivity contribution in [2.75, 3.05) is 7.11 Å². The lowest BCUT2D eigenvalue weighted by molar-refractivity contribution is 0.326. The Balaban J connectivity index is 2.35. The van der Waals surface area contributed by atoms with Crippen LogP contribution in [0.25, 0.3) is 12.7 Å². The fourth-order valence-electron chi connectivity index (χ4n) is 6.56. The van der Waals surface area contributed by atoms with Gasteiger partial charge in [0.2, 0.25) is 11.5 Å². The first-order valence-electron chi connectivity index (χ1n) is 21.5. The highest BCUT2D eigenvalue weighted by atomic mass is 16.5. The summed E-state index contributed by atoms with van der Waals surface area (Å²) in [6, 6.07) is 0. The molecule has 57 heavy (non-hydrogen) atoms.